The fraction of sp³-hybridized carbons (Fsp3) is 1.00. The van der Waals surface area contributed by atoms with Crippen LogP contribution in [0.15, 0.2) is 0 Å². The van der Waals surface area contributed by atoms with E-state index in [1.807, 2.05) is 0 Å². The quantitative estimate of drug-likeness (QED) is 0.425. The Morgan fingerprint density at radius 1 is 0.697 bits per heavy atom. The molecule has 0 spiro atoms. The first kappa shape index (κ1) is 23.3. The Morgan fingerprint density at radius 2 is 1.39 bits per heavy atom. The van der Waals surface area contributed by atoms with Gasteiger partial charge in [0.2, 0.25) is 0 Å². The maximum atomic E-state index is 11.8. The van der Waals surface area contributed by atoms with Crippen LogP contribution >= 0.6 is 0 Å². The fourth-order valence-electron chi connectivity index (χ4n) is 12.1. The molecule has 6 fully saturated rings. The maximum absolute atomic E-state index is 11.8. The first-order valence-corrected chi connectivity index (χ1v) is 14.2. The molecule has 3 nitrogen and oxygen atoms in total. The van der Waals surface area contributed by atoms with Crippen LogP contribution in [0, 0.1) is 56.7 Å². The van der Waals surface area contributed by atoms with Crippen molar-refractivity contribution in [3.05, 3.63) is 0 Å². The van der Waals surface area contributed by atoms with Gasteiger partial charge in [0.05, 0.1) is 23.9 Å². The summed E-state index contributed by atoms with van der Waals surface area (Å²) in [6.07, 6.45) is 9.18. The lowest BCUT2D eigenvalue weighted by Crippen LogP contribution is -2.70. The van der Waals surface area contributed by atoms with Crippen molar-refractivity contribution in [1.82, 2.24) is 0 Å². The smallest absolute Gasteiger partial charge is 0.0948 e. The monoisotopic (exact) mass is 458 g/mol. The second-order valence-electron chi connectivity index (χ2n) is 15.6. The highest BCUT2D eigenvalue weighted by molar-refractivity contribution is 5.23. The second kappa shape index (κ2) is 6.41. The molecule has 5 aliphatic carbocycles. The van der Waals surface area contributed by atoms with Crippen LogP contribution in [0.4, 0.5) is 0 Å². The third-order valence-corrected chi connectivity index (χ3v) is 14.5. The van der Waals surface area contributed by atoms with E-state index in [1.54, 1.807) is 0 Å². The molecule has 1 heterocycles. The molecule has 0 aromatic heterocycles. The molecule has 0 radical (unpaired) electrons. The molecule has 0 aromatic rings. The molecule has 1 aliphatic heterocycles. The Labute approximate surface area is 202 Å². The molecule has 0 bridgehead atoms. The van der Waals surface area contributed by atoms with Crippen molar-refractivity contribution in [3.63, 3.8) is 0 Å². The zero-order chi connectivity index (χ0) is 24.0. The zero-order valence-electron chi connectivity index (χ0n) is 22.6. The highest BCUT2D eigenvalue weighted by Gasteiger charge is 2.75. The number of epoxide rings is 1. The van der Waals surface area contributed by atoms with E-state index in [2.05, 4.69) is 55.4 Å². The molecule has 0 amide bonds. The summed E-state index contributed by atoms with van der Waals surface area (Å²) in [5.74, 6) is 3.01. The molecule has 3 heteroatoms. The molecule has 6 rings (SSSR count). The number of aliphatic hydroxyl groups excluding tert-OH is 2. The summed E-state index contributed by atoms with van der Waals surface area (Å²) in [7, 11) is 0. The van der Waals surface area contributed by atoms with E-state index < -0.39 is 0 Å². The first-order valence-electron chi connectivity index (χ1n) is 14.2. The average Bonchev–Trinajstić information content (AvgIpc) is 3.38. The Kier molecular flexibility index (Phi) is 4.52. The molecule has 13 atom stereocenters. The minimum absolute atomic E-state index is 0.00152. The van der Waals surface area contributed by atoms with Crippen LogP contribution in [-0.2, 0) is 4.74 Å². The van der Waals surface area contributed by atoms with Gasteiger partial charge in [-0.2, -0.15) is 0 Å². The van der Waals surface area contributed by atoms with Crippen molar-refractivity contribution in [2.75, 3.05) is 0 Å². The van der Waals surface area contributed by atoms with E-state index in [0.29, 0.717) is 41.1 Å². The van der Waals surface area contributed by atoms with Crippen LogP contribution in [0.3, 0.4) is 0 Å². The minimum atomic E-state index is -0.231. The number of aliphatic hydroxyl groups is 2. The molecule has 33 heavy (non-hydrogen) atoms. The first-order chi connectivity index (χ1) is 15.2. The van der Waals surface area contributed by atoms with Gasteiger partial charge in [-0.3, -0.25) is 0 Å². The molecule has 5 saturated carbocycles. The van der Waals surface area contributed by atoms with Crippen LogP contribution in [0.1, 0.15) is 107 Å². The Balaban J connectivity index is 1.41. The van der Waals surface area contributed by atoms with Gasteiger partial charge >= 0.3 is 0 Å². The van der Waals surface area contributed by atoms with Crippen molar-refractivity contribution in [3.8, 4) is 0 Å². The van der Waals surface area contributed by atoms with Gasteiger partial charge in [0.25, 0.3) is 0 Å². The maximum Gasteiger partial charge on any atom is 0.0948 e. The minimum Gasteiger partial charge on any atom is -0.393 e. The van der Waals surface area contributed by atoms with Gasteiger partial charge in [-0.25, -0.2) is 0 Å². The van der Waals surface area contributed by atoms with Crippen LogP contribution in [-0.4, -0.2) is 34.1 Å². The van der Waals surface area contributed by atoms with Gasteiger partial charge in [0, 0.05) is 0 Å². The van der Waals surface area contributed by atoms with Crippen LogP contribution in [0.2, 0.25) is 0 Å². The van der Waals surface area contributed by atoms with E-state index in [9.17, 15) is 10.2 Å². The molecule has 188 valence electrons. The van der Waals surface area contributed by atoms with Crippen molar-refractivity contribution in [2.24, 2.45) is 56.7 Å². The molecule has 6 aliphatic rings. The van der Waals surface area contributed by atoms with E-state index in [4.69, 9.17) is 4.74 Å². The number of rotatable bonds is 0. The van der Waals surface area contributed by atoms with Crippen LogP contribution < -0.4 is 0 Å². The summed E-state index contributed by atoms with van der Waals surface area (Å²) in [5.41, 5.74) is 0.744. The van der Waals surface area contributed by atoms with Gasteiger partial charge in [0.15, 0.2) is 0 Å². The summed E-state index contributed by atoms with van der Waals surface area (Å²) in [4.78, 5) is 0. The standard InChI is InChI=1S/C30H50O3/c1-17-24-18-9-10-20-26(4)13-12-21(31)25(2,3)19(26)11-14-28(20,6)29(18,7)15-22(32)27(24,5)16-23-30(17,8)33-23/h17-24,31-32H,9-16H2,1-8H3/t17-,18?,19?,20?,21-,22-,23+,24?,26-,27+,28+,29+,30-/m0/s1. The summed E-state index contributed by atoms with van der Waals surface area (Å²) >= 11 is 0. The molecule has 2 N–H and O–H groups in total. The van der Waals surface area contributed by atoms with Crippen molar-refractivity contribution < 1.29 is 14.9 Å². The summed E-state index contributed by atoms with van der Waals surface area (Å²) in [6.45, 7) is 19.7. The van der Waals surface area contributed by atoms with Gasteiger partial charge in [-0.05, 0) is 115 Å². The highest BCUT2D eigenvalue weighted by Crippen LogP contribution is 2.78. The van der Waals surface area contributed by atoms with E-state index >= 15 is 0 Å². The van der Waals surface area contributed by atoms with Gasteiger partial charge < -0.3 is 14.9 Å². The summed E-state index contributed by atoms with van der Waals surface area (Å²) in [5, 5.41) is 22.8. The SMILES string of the molecule is C[C@H]1C2C3CCC4[C@@]5(C)CC[C@H](O)C(C)(C)C5CC[C@@]4(C)[C@]3(C)C[C@H](O)[C@@]2(C)C[C@H]2O[C@]21C. The largest absolute Gasteiger partial charge is 0.393 e. The number of hydrogen-bond donors (Lipinski definition) is 2. The predicted molar refractivity (Wildman–Crippen MR) is 132 cm³/mol. The predicted octanol–water partition coefficient (Wildman–Crippen LogP) is 6.21. The fourth-order valence-corrected chi connectivity index (χ4v) is 12.1. The number of ether oxygens (including phenoxy) is 1. The number of fused-ring (bicyclic) bond motifs is 8. The number of hydrogen-bond acceptors (Lipinski definition) is 3. The Hall–Kier alpha value is -0.120. The summed E-state index contributed by atoms with van der Waals surface area (Å²) < 4.78 is 6.31. The van der Waals surface area contributed by atoms with Gasteiger partial charge in [0.1, 0.15) is 0 Å². The normalized spacial score (nSPS) is 65.6. The molecule has 1 saturated heterocycles. The van der Waals surface area contributed by atoms with Gasteiger partial charge in [-0.15, -0.1) is 0 Å². The lowest BCUT2D eigenvalue weighted by atomic mass is 9.31. The third kappa shape index (κ3) is 2.49. The van der Waals surface area contributed by atoms with Crippen LogP contribution in [0.25, 0.3) is 0 Å². The lowest BCUT2D eigenvalue weighted by Gasteiger charge is -2.74. The van der Waals surface area contributed by atoms with Crippen molar-refractivity contribution in [2.45, 2.75) is 131 Å². The van der Waals surface area contributed by atoms with Gasteiger partial charge in [-0.1, -0.05) is 48.5 Å². The van der Waals surface area contributed by atoms with E-state index in [1.165, 1.54) is 25.7 Å². The van der Waals surface area contributed by atoms with E-state index in [0.717, 1.165) is 25.7 Å². The molecule has 4 unspecified atom stereocenters. The Morgan fingerprint density at radius 3 is 2.09 bits per heavy atom. The van der Waals surface area contributed by atoms with Crippen molar-refractivity contribution in [1.29, 1.82) is 0 Å². The topological polar surface area (TPSA) is 53.0 Å². The average molecular weight is 459 g/mol. The highest BCUT2D eigenvalue weighted by atomic mass is 16.6. The van der Waals surface area contributed by atoms with Crippen LogP contribution in [0.5, 0.6) is 0 Å². The van der Waals surface area contributed by atoms with E-state index in [-0.39, 0.29) is 39.5 Å². The van der Waals surface area contributed by atoms with Crippen molar-refractivity contribution >= 4 is 0 Å². The Bertz CT molecular complexity index is 853. The molecule has 0 aromatic carbocycles. The third-order valence-electron chi connectivity index (χ3n) is 14.5. The summed E-state index contributed by atoms with van der Waals surface area (Å²) in [6, 6.07) is 0. The molecular weight excluding hydrogens is 408 g/mol. The zero-order valence-corrected chi connectivity index (χ0v) is 22.6. The molecular formula is C30H50O3. The lowest BCUT2D eigenvalue weighted by molar-refractivity contribution is -0.272. The second-order valence-corrected chi connectivity index (χ2v) is 15.6.